The average Bonchev–Trinajstić information content (AvgIpc) is 2.73. The SMILES string of the molecule is CC12C(N)C3C4CC5C(CC1C53)C42. The van der Waals surface area contributed by atoms with Crippen molar-refractivity contribution < 1.29 is 0 Å². The van der Waals surface area contributed by atoms with Gasteiger partial charge in [-0.15, -0.1) is 0 Å². The van der Waals surface area contributed by atoms with E-state index >= 15 is 0 Å². The molecule has 6 rings (SSSR count). The van der Waals surface area contributed by atoms with E-state index in [0.29, 0.717) is 11.5 Å². The summed E-state index contributed by atoms with van der Waals surface area (Å²) in [5.41, 5.74) is 7.08. The molecule has 0 heterocycles. The molecule has 6 fully saturated rings. The second kappa shape index (κ2) is 1.41. The van der Waals surface area contributed by atoms with Crippen LogP contribution in [-0.2, 0) is 0 Å². The lowest BCUT2D eigenvalue weighted by Crippen LogP contribution is -2.40. The minimum atomic E-state index is 0.593. The second-order valence-electron chi connectivity index (χ2n) is 6.64. The highest BCUT2D eigenvalue weighted by Gasteiger charge is 2.84. The van der Waals surface area contributed by atoms with Gasteiger partial charge in [0.15, 0.2) is 0 Å². The molecular weight excluding hydrogens is 158 g/mol. The zero-order valence-electron chi connectivity index (χ0n) is 8.11. The van der Waals surface area contributed by atoms with E-state index in [9.17, 15) is 0 Å². The molecule has 0 aromatic rings. The lowest BCUT2D eigenvalue weighted by molar-refractivity contribution is 0.0672. The summed E-state index contributed by atoms with van der Waals surface area (Å²) < 4.78 is 0. The third-order valence-electron chi connectivity index (χ3n) is 7.09. The molecular formula is C12H17N. The Morgan fingerprint density at radius 2 is 1.92 bits per heavy atom. The summed E-state index contributed by atoms with van der Waals surface area (Å²) in [7, 11) is 0. The van der Waals surface area contributed by atoms with Gasteiger partial charge in [-0.1, -0.05) is 6.92 Å². The van der Waals surface area contributed by atoms with E-state index in [0.717, 1.165) is 41.4 Å². The van der Waals surface area contributed by atoms with Gasteiger partial charge < -0.3 is 5.73 Å². The Bertz CT molecular complexity index is 321. The summed E-state index contributed by atoms with van der Waals surface area (Å²) in [6, 6.07) is 0.593. The Kier molecular flexibility index (Phi) is 0.697. The number of hydrogen-bond donors (Lipinski definition) is 1. The Balaban J connectivity index is 1.90. The highest BCUT2D eigenvalue weighted by atomic mass is 15.0. The molecule has 13 heavy (non-hydrogen) atoms. The van der Waals surface area contributed by atoms with Crippen LogP contribution in [0.5, 0.6) is 0 Å². The van der Waals surface area contributed by atoms with Crippen molar-refractivity contribution in [3.8, 4) is 0 Å². The maximum Gasteiger partial charge on any atom is 0.0133 e. The van der Waals surface area contributed by atoms with Crippen LogP contribution < -0.4 is 5.73 Å². The van der Waals surface area contributed by atoms with Gasteiger partial charge >= 0.3 is 0 Å². The molecule has 6 aliphatic carbocycles. The largest absolute Gasteiger partial charge is 0.327 e. The zero-order valence-corrected chi connectivity index (χ0v) is 8.11. The first-order valence-corrected chi connectivity index (χ1v) is 6.00. The van der Waals surface area contributed by atoms with E-state index in [4.69, 9.17) is 5.73 Å². The van der Waals surface area contributed by atoms with Crippen LogP contribution in [-0.4, -0.2) is 6.04 Å². The smallest absolute Gasteiger partial charge is 0.0133 e. The standard InChI is InChI=1S/C12H17N/c1-12-7-3-5-4-2-6(10(5)12)9(8(4)7)11(12)13/h4-11H,2-3,13H2,1H3. The molecule has 0 aromatic carbocycles. The van der Waals surface area contributed by atoms with Crippen molar-refractivity contribution in [2.45, 2.75) is 25.8 Å². The molecule has 6 saturated carbocycles. The van der Waals surface area contributed by atoms with Gasteiger partial charge in [0, 0.05) is 6.04 Å². The minimum Gasteiger partial charge on any atom is -0.327 e. The van der Waals surface area contributed by atoms with Crippen LogP contribution in [0, 0.1) is 46.8 Å². The third kappa shape index (κ3) is 0.353. The molecule has 9 unspecified atom stereocenters. The van der Waals surface area contributed by atoms with Gasteiger partial charge in [0.25, 0.3) is 0 Å². The van der Waals surface area contributed by atoms with E-state index in [1.165, 1.54) is 0 Å². The van der Waals surface area contributed by atoms with Crippen molar-refractivity contribution in [1.29, 1.82) is 0 Å². The van der Waals surface area contributed by atoms with Crippen LogP contribution in [0.2, 0.25) is 0 Å². The maximum absolute atomic E-state index is 6.47. The van der Waals surface area contributed by atoms with Gasteiger partial charge in [0.2, 0.25) is 0 Å². The predicted molar refractivity (Wildman–Crippen MR) is 49.7 cm³/mol. The fraction of sp³-hybridized carbons (Fsp3) is 1.00. The molecule has 1 heteroatoms. The van der Waals surface area contributed by atoms with Crippen LogP contribution in [0.25, 0.3) is 0 Å². The molecule has 1 nitrogen and oxygen atoms in total. The monoisotopic (exact) mass is 175 g/mol. The highest BCUT2D eigenvalue weighted by molar-refractivity contribution is 5.33. The van der Waals surface area contributed by atoms with Crippen molar-refractivity contribution in [1.82, 2.24) is 0 Å². The molecule has 0 aliphatic heterocycles. The molecule has 0 spiro atoms. The maximum atomic E-state index is 6.47. The first kappa shape index (κ1) is 6.44. The molecule has 0 saturated heterocycles. The molecule has 6 bridgehead atoms. The molecule has 6 aliphatic rings. The Morgan fingerprint density at radius 1 is 1.08 bits per heavy atom. The third-order valence-corrected chi connectivity index (χ3v) is 7.09. The lowest BCUT2D eigenvalue weighted by atomic mass is 9.64. The molecule has 9 atom stereocenters. The summed E-state index contributed by atoms with van der Waals surface area (Å²) in [5.74, 6) is 7.57. The van der Waals surface area contributed by atoms with Gasteiger partial charge in [-0.2, -0.15) is 0 Å². The molecule has 70 valence electrons. The second-order valence-corrected chi connectivity index (χ2v) is 6.64. The van der Waals surface area contributed by atoms with Crippen molar-refractivity contribution in [3.63, 3.8) is 0 Å². The number of rotatable bonds is 0. The summed E-state index contributed by atoms with van der Waals surface area (Å²) in [4.78, 5) is 0. The van der Waals surface area contributed by atoms with Crippen LogP contribution in [0.4, 0.5) is 0 Å². The van der Waals surface area contributed by atoms with Crippen LogP contribution in [0.1, 0.15) is 19.8 Å². The first-order valence-electron chi connectivity index (χ1n) is 6.00. The molecule has 0 radical (unpaired) electrons. The van der Waals surface area contributed by atoms with Gasteiger partial charge in [-0.05, 0) is 59.7 Å². The minimum absolute atomic E-state index is 0.593. The summed E-state index contributed by atoms with van der Waals surface area (Å²) in [5, 5.41) is 0. The van der Waals surface area contributed by atoms with Crippen molar-refractivity contribution >= 4 is 0 Å². The van der Waals surface area contributed by atoms with E-state index in [2.05, 4.69) is 6.92 Å². The number of hydrogen-bond acceptors (Lipinski definition) is 1. The number of nitrogens with two attached hydrogens (primary N) is 1. The summed E-state index contributed by atoms with van der Waals surface area (Å²) in [6.45, 7) is 2.53. The normalized spacial score (nSPS) is 85.4. The lowest BCUT2D eigenvalue weighted by Gasteiger charge is -2.40. The van der Waals surface area contributed by atoms with Crippen LogP contribution in [0.3, 0.4) is 0 Å². The quantitative estimate of drug-likeness (QED) is 0.593. The average molecular weight is 175 g/mol. The molecule has 0 aromatic heterocycles. The molecule has 2 N–H and O–H groups in total. The summed E-state index contributed by atoms with van der Waals surface area (Å²) >= 11 is 0. The fourth-order valence-corrected chi connectivity index (χ4v) is 7.20. The predicted octanol–water partition coefficient (Wildman–Crippen LogP) is 1.48. The Hall–Kier alpha value is -0.0400. The highest BCUT2D eigenvalue weighted by Crippen LogP contribution is 2.86. The van der Waals surface area contributed by atoms with Gasteiger partial charge in [0.1, 0.15) is 0 Å². The van der Waals surface area contributed by atoms with Crippen molar-refractivity contribution in [2.75, 3.05) is 0 Å². The van der Waals surface area contributed by atoms with E-state index in [1.54, 1.807) is 12.8 Å². The molecule has 0 amide bonds. The fourth-order valence-electron chi connectivity index (χ4n) is 7.20. The van der Waals surface area contributed by atoms with Crippen molar-refractivity contribution in [2.24, 2.45) is 52.6 Å². The Labute approximate surface area is 79.1 Å². The zero-order chi connectivity index (χ0) is 8.53. The van der Waals surface area contributed by atoms with Gasteiger partial charge in [-0.25, -0.2) is 0 Å². The van der Waals surface area contributed by atoms with Gasteiger partial charge in [0.05, 0.1) is 0 Å². The summed E-state index contributed by atoms with van der Waals surface area (Å²) in [6.07, 6.45) is 3.14. The van der Waals surface area contributed by atoms with Crippen LogP contribution >= 0.6 is 0 Å². The van der Waals surface area contributed by atoms with Crippen LogP contribution in [0.15, 0.2) is 0 Å². The topological polar surface area (TPSA) is 26.0 Å². The van der Waals surface area contributed by atoms with E-state index in [-0.39, 0.29) is 0 Å². The van der Waals surface area contributed by atoms with E-state index < -0.39 is 0 Å². The van der Waals surface area contributed by atoms with Gasteiger partial charge in [-0.3, -0.25) is 0 Å². The van der Waals surface area contributed by atoms with Crippen molar-refractivity contribution in [3.05, 3.63) is 0 Å². The first-order chi connectivity index (χ1) is 6.24. The Morgan fingerprint density at radius 3 is 2.69 bits per heavy atom. The van der Waals surface area contributed by atoms with E-state index in [1.807, 2.05) is 0 Å².